The highest BCUT2D eigenvalue weighted by Gasteiger charge is 2.09. The lowest BCUT2D eigenvalue weighted by Gasteiger charge is -2.27. The van der Waals surface area contributed by atoms with Gasteiger partial charge in [-0.3, -0.25) is 4.84 Å². The SMILES string of the molecule is CCCS(C)(O)NOC. The monoisotopic (exact) mass is 153 g/mol. The summed E-state index contributed by atoms with van der Waals surface area (Å²) in [6.45, 7) is 2.03. The van der Waals surface area contributed by atoms with E-state index in [4.69, 9.17) is 0 Å². The molecule has 1 unspecified atom stereocenters. The van der Waals surface area contributed by atoms with Crippen molar-refractivity contribution in [2.45, 2.75) is 13.3 Å². The summed E-state index contributed by atoms with van der Waals surface area (Å²) in [6.07, 6.45) is 2.73. The van der Waals surface area contributed by atoms with E-state index in [0.717, 1.165) is 12.2 Å². The molecule has 9 heavy (non-hydrogen) atoms. The van der Waals surface area contributed by atoms with Gasteiger partial charge in [0.1, 0.15) is 0 Å². The third-order valence-corrected chi connectivity index (χ3v) is 2.59. The van der Waals surface area contributed by atoms with E-state index in [1.807, 2.05) is 6.92 Å². The summed E-state index contributed by atoms with van der Waals surface area (Å²) in [5.74, 6) is 0.779. The van der Waals surface area contributed by atoms with E-state index in [1.165, 1.54) is 7.11 Å². The molecular formula is C5H15NO2S. The van der Waals surface area contributed by atoms with Crippen LogP contribution in [0.3, 0.4) is 0 Å². The van der Waals surface area contributed by atoms with Crippen molar-refractivity contribution in [3.05, 3.63) is 0 Å². The highest BCUT2D eigenvalue weighted by molar-refractivity contribution is 8.26. The number of hydrogen-bond donors (Lipinski definition) is 2. The molecule has 0 radical (unpaired) electrons. The Balaban J connectivity index is 3.43. The summed E-state index contributed by atoms with van der Waals surface area (Å²) in [4.78, 5) is 7.16. The molecule has 4 heteroatoms. The Morgan fingerprint density at radius 2 is 2.22 bits per heavy atom. The maximum Gasteiger partial charge on any atom is 0.0583 e. The van der Waals surface area contributed by atoms with Crippen LogP contribution in [0.2, 0.25) is 0 Å². The van der Waals surface area contributed by atoms with Crippen molar-refractivity contribution in [1.29, 1.82) is 0 Å². The molecule has 0 aromatic rings. The molecule has 1 atom stereocenters. The summed E-state index contributed by atoms with van der Waals surface area (Å²) < 4.78 is 9.36. The third-order valence-electron chi connectivity index (χ3n) is 0.864. The molecule has 0 bridgehead atoms. The van der Waals surface area contributed by atoms with Crippen molar-refractivity contribution in [3.63, 3.8) is 0 Å². The molecular weight excluding hydrogens is 138 g/mol. The zero-order chi connectivity index (χ0) is 7.33. The smallest absolute Gasteiger partial charge is 0.0583 e. The first-order valence-electron chi connectivity index (χ1n) is 2.90. The summed E-state index contributed by atoms with van der Waals surface area (Å²) in [5, 5.41) is 0. The lowest BCUT2D eigenvalue weighted by atomic mass is 10.6. The second kappa shape index (κ2) is 4.11. The Kier molecular flexibility index (Phi) is 4.22. The highest BCUT2D eigenvalue weighted by atomic mass is 32.3. The van der Waals surface area contributed by atoms with Gasteiger partial charge in [-0.15, -0.1) is 4.89 Å². The molecule has 58 valence electrons. The van der Waals surface area contributed by atoms with Gasteiger partial charge < -0.3 is 4.55 Å². The fraction of sp³-hybridized carbons (Fsp3) is 1.00. The van der Waals surface area contributed by atoms with E-state index in [0.29, 0.717) is 0 Å². The van der Waals surface area contributed by atoms with Gasteiger partial charge in [-0.1, -0.05) is 17.4 Å². The molecule has 3 nitrogen and oxygen atoms in total. The van der Waals surface area contributed by atoms with E-state index in [-0.39, 0.29) is 0 Å². The Hall–Kier alpha value is 0.230. The van der Waals surface area contributed by atoms with Crippen LogP contribution >= 0.6 is 10.5 Å². The van der Waals surface area contributed by atoms with Crippen molar-refractivity contribution in [1.82, 2.24) is 4.89 Å². The molecule has 0 saturated carbocycles. The summed E-state index contributed by atoms with van der Waals surface area (Å²) in [5.41, 5.74) is 0. The van der Waals surface area contributed by atoms with E-state index in [9.17, 15) is 4.55 Å². The molecule has 2 N–H and O–H groups in total. The van der Waals surface area contributed by atoms with Gasteiger partial charge >= 0.3 is 0 Å². The van der Waals surface area contributed by atoms with Gasteiger partial charge in [-0.25, -0.2) is 0 Å². The van der Waals surface area contributed by atoms with Crippen molar-refractivity contribution in [2.24, 2.45) is 0 Å². The Morgan fingerprint density at radius 3 is 2.56 bits per heavy atom. The number of nitrogens with one attached hydrogen (secondary N) is 1. The van der Waals surface area contributed by atoms with Crippen LogP contribution in [0.5, 0.6) is 0 Å². The maximum absolute atomic E-state index is 9.36. The topological polar surface area (TPSA) is 41.5 Å². The first kappa shape index (κ1) is 9.23. The van der Waals surface area contributed by atoms with Crippen LogP contribution < -0.4 is 4.89 Å². The van der Waals surface area contributed by atoms with Gasteiger partial charge in [0.2, 0.25) is 0 Å². The lowest BCUT2D eigenvalue weighted by Crippen LogP contribution is -2.20. The minimum absolute atomic E-state index is 0.779. The van der Waals surface area contributed by atoms with Crippen molar-refractivity contribution in [2.75, 3.05) is 19.1 Å². The summed E-state index contributed by atoms with van der Waals surface area (Å²) >= 11 is 0. The van der Waals surface area contributed by atoms with E-state index < -0.39 is 10.5 Å². The maximum atomic E-state index is 9.36. The highest BCUT2D eigenvalue weighted by Crippen LogP contribution is 2.33. The van der Waals surface area contributed by atoms with Crippen LogP contribution in [0.1, 0.15) is 13.3 Å². The summed E-state index contributed by atoms with van der Waals surface area (Å²) in [6, 6.07) is 0. The Bertz CT molecular complexity index is 69.4. The molecule has 0 aliphatic carbocycles. The van der Waals surface area contributed by atoms with Crippen molar-refractivity contribution >= 4 is 10.5 Å². The van der Waals surface area contributed by atoms with Gasteiger partial charge in [0.25, 0.3) is 0 Å². The average Bonchev–Trinajstić information content (AvgIpc) is 1.64. The lowest BCUT2D eigenvalue weighted by molar-refractivity contribution is 0.153. The molecule has 0 amide bonds. The molecule has 0 aromatic carbocycles. The standard InChI is InChI=1S/C5H15NO2S/c1-4-5-9(3,7)6-8-2/h6-7H,4-5H2,1-3H3. The fourth-order valence-electron chi connectivity index (χ4n) is 0.619. The molecule has 0 fully saturated rings. The van der Waals surface area contributed by atoms with Gasteiger partial charge in [-0.05, 0) is 6.42 Å². The predicted molar refractivity (Wildman–Crippen MR) is 41.4 cm³/mol. The van der Waals surface area contributed by atoms with Crippen LogP contribution in [-0.2, 0) is 4.84 Å². The molecule has 0 rings (SSSR count). The summed E-state index contributed by atoms with van der Waals surface area (Å²) in [7, 11) is -0.143. The van der Waals surface area contributed by atoms with E-state index in [2.05, 4.69) is 9.72 Å². The number of hydrogen-bond acceptors (Lipinski definition) is 3. The first-order valence-corrected chi connectivity index (χ1v) is 5.07. The van der Waals surface area contributed by atoms with Crippen LogP contribution in [0.4, 0.5) is 0 Å². The number of rotatable bonds is 4. The molecule has 0 aliphatic heterocycles. The first-order chi connectivity index (χ1) is 4.12. The zero-order valence-electron chi connectivity index (χ0n) is 6.18. The minimum atomic E-state index is -1.65. The van der Waals surface area contributed by atoms with Crippen LogP contribution in [0.25, 0.3) is 0 Å². The second-order valence-electron chi connectivity index (χ2n) is 2.03. The molecule has 0 aliphatic rings. The molecule has 0 spiro atoms. The second-order valence-corrected chi connectivity index (χ2v) is 4.69. The molecule has 0 saturated heterocycles. The van der Waals surface area contributed by atoms with Gasteiger partial charge in [0.05, 0.1) is 7.11 Å². The largest absolute Gasteiger partial charge is 0.337 e. The molecule has 0 aromatic heterocycles. The third kappa shape index (κ3) is 4.72. The normalized spacial score (nSPS) is 20.9. The van der Waals surface area contributed by atoms with Gasteiger partial charge in [-0.2, -0.15) is 0 Å². The molecule has 0 heterocycles. The Labute approximate surface area is 58.0 Å². The van der Waals surface area contributed by atoms with Gasteiger partial charge in [0.15, 0.2) is 0 Å². The van der Waals surface area contributed by atoms with Crippen LogP contribution in [0, 0.1) is 0 Å². The Morgan fingerprint density at radius 1 is 1.67 bits per heavy atom. The quantitative estimate of drug-likeness (QED) is 0.599. The average molecular weight is 153 g/mol. The zero-order valence-corrected chi connectivity index (χ0v) is 6.99. The fourth-order valence-corrected chi connectivity index (χ4v) is 1.86. The van der Waals surface area contributed by atoms with Crippen LogP contribution in [0.15, 0.2) is 0 Å². The van der Waals surface area contributed by atoms with E-state index in [1.54, 1.807) is 6.26 Å². The van der Waals surface area contributed by atoms with Crippen molar-refractivity contribution < 1.29 is 9.39 Å². The van der Waals surface area contributed by atoms with E-state index >= 15 is 0 Å². The van der Waals surface area contributed by atoms with Crippen LogP contribution in [-0.4, -0.2) is 23.7 Å². The minimum Gasteiger partial charge on any atom is -0.337 e. The predicted octanol–water partition coefficient (Wildman–Crippen LogP) is 1.37. The van der Waals surface area contributed by atoms with Crippen molar-refractivity contribution in [3.8, 4) is 0 Å². The van der Waals surface area contributed by atoms with Gasteiger partial charge in [0, 0.05) is 12.0 Å².